The van der Waals surface area contributed by atoms with Crippen molar-refractivity contribution in [2.75, 3.05) is 19.7 Å². The van der Waals surface area contributed by atoms with Crippen LogP contribution in [0.2, 0.25) is 0 Å². The molecule has 0 spiro atoms. The van der Waals surface area contributed by atoms with Crippen molar-refractivity contribution in [3.63, 3.8) is 0 Å². The molecule has 0 radical (unpaired) electrons. The molecule has 2 aromatic carbocycles. The minimum atomic E-state index is -0.390. The van der Waals surface area contributed by atoms with Crippen molar-refractivity contribution >= 4 is 17.7 Å². The monoisotopic (exact) mass is 442 g/mol. The second kappa shape index (κ2) is 10.4. The van der Waals surface area contributed by atoms with Gasteiger partial charge in [0.2, 0.25) is 5.91 Å². The van der Waals surface area contributed by atoms with E-state index in [2.05, 4.69) is 10.2 Å². The fraction of sp³-hybridized carbons (Fsp3) is 0.348. The summed E-state index contributed by atoms with van der Waals surface area (Å²) in [6.45, 7) is 9.50. The van der Waals surface area contributed by atoms with Crippen molar-refractivity contribution in [3.05, 3.63) is 54.3 Å². The summed E-state index contributed by atoms with van der Waals surface area (Å²) in [6.07, 6.45) is 0. The van der Waals surface area contributed by atoms with E-state index in [1.54, 1.807) is 27.7 Å². The second-order valence-corrected chi connectivity index (χ2v) is 8.13. The lowest BCUT2D eigenvalue weighted by molar-refractivity contribution is -0.129. The van der Waals surface area contributed by atoms with Gasteiger partial charge in [-0.25, -0.2) is 4.39 Å². The lowest BCUT2D eigenvalue weighted by Gasteiger charge is -2.22. The zero-order chi connectivity index (χ0) is 22.4. The van der Waals surface area contributed by atoms with E-state index in [1.807, 2.05) is 52.0 Å². The Morgan fingerprint density at radius 3 is 2.39 bits per heavy atom. The van der Waals surface area contributed by atoms with Crippen LogP contribution in [0.1, 0.15) is 27.7 Å². The first kappa shape index (κ1) is 22.8. The molecule has 3 aromatic rings. The van der Waals surface area contributed by atoms with Gasteiger partial charge in [-0.15, -0.1) is 10.2 Å². The van der Waals surface area contributed by atoms with Gasteiger partial charge in [0.05, 0.1) is 17.5 Å². The maximum absolute atomic E-state index is 14.7. The van der Waals surface area contributed by atoms with E-state index in [0.717, 1.165) is 11.3 Å². The molecule has 0 saturated carbocycles. The molecule has 0 N–H and O–H groups in total. The first-order valence-corrected chi connectivity index (χ1v) is 11.3. The number of carbonyl (C=O) groups is 1. The van der Waals surface area contributed by atoms with E-state index in [1.165, 1.54) is 17.8 Å². The molecule has 1 amide bonds. The van der Waals surface area contributed by atoms with Gasteiger partial charge in [-0.05, 0) is 64.1 Å². The van der Waals surface area contributed by atoms with E-state index < -0.39 is 0 Å². The standard InChI is InChI=1S/C23H27FN4O2S/c1-5-27(6-2)22(29)16(4)31-23-26-25-21(17-12-14-18(15-13-17)30-7-3)28(23)20-11-9-8-10-19(20)24/h8-16H,5-7H2,1-4H3. The molecule has 0 bridgehead atoms. The summed E-state index contributed by atoms with van der Waals surface area (Å²) in [7, 11) is 0. The molecular weight excluding hydrogens is 415 g/mol. The molecule has 31 heavy (non-hydrogen) atoms. The SMILES string of the molecule is CCOc1ccc(-c2nnc(SC(C)C(=O)N(CC)CC)n2-c2ccccc2F)cc1. The van der Waals surface area contributed by atoms with Gasteiger partial charge in [-0.2, -0.15) is 0 Å². The zero-order valence-electron chi connectivity index (χ0n) is 18.2. The normalized spacial score (nSPS) is 11.9. The summed E-state index contributed by atoms with van der Waals surface area (Å²) in [5.41, 5.74) is 1.11. The Morgan fingerprint density at radius 2 is 1.77 bits per heavy atom. The fourth-order valence-corrected chi connectivity index (χ4v) is 4.20. The van der Waals surface area contributed by atoms with Crippen LogP contribution in [0.15, 0.2) is 53.7 Å². The Hall–Kier alpha value is -2.87. The van der Waals surface area contributed by atoms with Crippen molar-refractivity contribution in [2.45, 2.75) is 38.1 Å². The number of nitrogens with zero attached hydrogens (tertiary/aromatic N) is 4. The molecule has 0 fully saturated rings. The summed E-state index contributed by atoms with van der Waals surface area (Å²) in [4.78, 5) is 14.5. The molecule has 0 aliphatic heterocycles. The summed E-state index contributed by atoms with van der Waals surface area (Å²) in [5.74, 6) is 0.870. The molecule has 1 heterocycles. The number of rotatable bonds is 9. The molecule has 0 saturated heterocycles. The van der Waals surface area contributed by atoms with Crippen LogP contribution >= 0.6 is 11.8 Å². The number of aromatic nitrogens is 3. The third kappa shape index (κ3) is 5.07. The van der Waals surface area contributed by atoms with Crippen LogP contribution in [0.25, 0.3) is 17.1 Å². The number of benzene rings is 2. The van der Waals surface area contributed by atoms with Gasteiger partial charge in [0.15, 0.2) is 11.0 Å². The number of carbonyl (C=O) groups excluding carboxylic acids is 1. The molecule has 1 atom stereocenters. The van der Waals surface area contributed by atoms with Gasteiger partial charge in [-0.1, -0.05) is 23.9 Å². The third-order valence-corrected chi connectivity index (χ3v) is 5.89. The maximum Gasteiger partial charge on any atom is 0.235 e. The Morgan fingerprint density at radius 1 is 1.10 bits per heavy atom. The first-order valence-electron chi connectivity index (χ1n) is 10.4. The number of amides is 1. The smallest absolute Gasteiger partial charge is 0.235 e. The lowest BCUT2D eigenvalue weighted by Crippen LogP contribution is -2.36. The molecule has 1 aromatic heterocycles. The highest BCUT2D eigenvalue weighted by atomic mass is 32.2. The minimum absolute atomic E-state index is 0.0145. The van der Waals surface area contributed by atoms with Crippen molar-refractivity contribution in [1.29, 1.82) is 0 Å². The summed E-state index contributed by atoms with van der Waals surface area (Å²) < 4.78 is 21.9. The average Bonchev–Trinajstić information content (AvgIpc) is 3.18. The minimum Gasteiger partial charge on any atom is -0.494 e. The van der Waals surface area contributed by atoms with E-state index >= 15 is 0 Å². The van der Waals surface area contributed by atoms with Crippen LogP contribution in [0, 0.1) is 5.82 Å². The largest absolute Gasteiger partial charge is 0.494 e. The topological polar surface area (TPSA) is 60.3 Å². The van der Waals surface area contributed by atoms with Crippen molar-refractivity contribution < 1.29 is 13.9 Å². The molecule has 0 aliphatic rings. The van der Waals surface area contributed by atoms with Gasteiger partial charge in [-0.3, -0.25) is 9.36 Å². The summed E-state index contributed by atoms with van der Waals surface area (Å²) in [6, 6.07) is 13.9. The van der Waals surface area contributed by atoms with Crippen molar-refractivity contribution in [3.8, 4) is 22.8 Å². The fourth-order valence-electron chi connectivity index (χ4n) is 3.25. The van der Waals surface area contributed by atoms with E-state index in [0.29, 0.717) is 36.4 Å². The molecule has 8 heteroatoms. The van der Waals surface area contributed by atoms with Gasteiger partial charge in [0.1, 0.15) is 11.6 Å². The summed E-state index contributed by atoms with van der Waals surface area (Å²) in [5, 5.41) is 8.72. The van der Waals surface area contributed by atoms with E-state index in [4.69, 9.17) is 4.74 Å². The van der Waals surface area contributed by atoms with E-state index in [9.17, 15) is 9.18 Å². The third-order valence-electron chi connectivity index (χ3n) is 4.86. The number of halogens is 1. The molecule has 6 nitrogen and oxygen atoms in total. The van der Waals surface area contributed by atoms with Crippen LogP contribution < -0.4 is 4.74 Å². The highest BCUT2D eigenvalue weighted by Gasteiger charge is 2.25. The Bertz CT molecular complexity index is 1020. The second-order valence-electron chi connectivity index (χ2n) is 6.82. The van der Waals surface area contributed by atoms with Crippen molar-refractivity contribution in [1.82, 2.24) is 19.7 Å². The van der Waals surface area contributed by atoms with Crippen LogP contribution in [0.3, 0.4) is 0 Å². The number of thioether (sulfide) groups is 1. The molecular formula is C23H27FN4O2S. The highest BCUT2D eigenvalue weighted by molar-refractivity contribution is 8.00. The number of hydrogen-bond donors (Lipinski definition) is 0. The Kier molecular flexibility index (Phi) is 7.68. The summed E-state index contributed by atoms with van der Waals surface area (Å²) >= 11 is 1.27. The number of ether oxygens (including phenoxy) is 1. The molecule has 164 valence electrons. The van der Waals surface area contributed by atoms with Crippen LogP contribution in [0.4, 0.5) is 4.39 Å². The lowest BCUT2D eigenvalue weighted by atomic mass is 10.2. The van der Waals surface area contributed by atoms with Crippen molar-refractivity contribution in [2.24, 2.45) is 0 Å². The van der Waals surface area contributed by atoms with Crippen LogP contribution in [0.5, 0.6) is 5.75 Å². The molecule has 1 unspecified atom stereocenters. The average molecular weight is 443 g/mol. The van der Waals surface area contributed by atoms with E-state index in [-0.39, 0.29) is 17.0 Å². The zero-order valence-corrected chi connectivity index (χ0v) is 19.0. The number of hydrogen-bond acceptors (Lipinski definition) is 5. The number of para-hydroxylation sites is 1. The molecule has 0 aliphatic carbocycles. The quantitative estimate of drug-likeness (QED) is 0.445. The first-order chi connectivity index (χ1) is 15.0. The Balaban J connectivity index is 2.02. The van der Waals surface area contributed by atoms with Gasteiger partial charge >= 0.3 is 0 Å². The maximum atomic E-state index is 14.7. The van der Waals surface area contributed by atoms with Gasteiger partial charge in [0, 0.05) is 18.7 Å². The van der Waals surface area contributed by atoms with Crippen LogP contribution in [-0.4, -0.2) is 50.5 Å². The predicted octanol–water partition coefficient (Wildman–Crippen LogP) is 4.82. The Labute approximate surface area is 186 Å². The van der Waals surface area contributed by atoms with Gasteiger partial charge in [0.25, 0.3) is 0 Å². The highest BCUT2D eigenvalue weighted by Crippen LogP contribution is 2.32. The molecule has 3 rings (SSSR count). The van der Waals surface area contributed by atoms with Gasteiger partial charge < -0.3 is 9.64 Å². The van der Waals surface area contributed by atoms with Crippen LogP contribution in [-0.2, 0) is 4.79 Å². The predicted molar refractivity (Wildman–Crippen MR) is 121 cm³/mol.